The first-order chi connectivity index (χ1) is 8.22. The van der Waals surface area contributed by atoms with Crippen molar-refractivity contribution in [3.05, 3.63) is 28.8 Å². The zero-order valence-electron chi connectivity index (χ0n) is 10.5. The molecule has 1 rings (SSSR count). The van der Waals surface area contributed by atoms with E-state index in [0.717, 1.165) is 18.6 Å². The maximum absolute atomic E-state index is 6.17. The number of nitrogens with two attached hydrogens (primary N) is 1. The van der Waals surface area contributed by atoms with Crippen molar-refractivity contribution in [2.75, 3.05) is 20.2 Å². The van der Waals surface area contributed by atoms with Crippen molar-refractivity contribution < 1.29 is 4.74 Å². The van der Waals surface area contributed by atoms with Gasteiger partial charge in [0, 0.05) is 6.04 Å². The number of hydrogen-bond acceptors (Lipinski definition) is 3. The molecule has 0 heterocycles. The van der Waals surface area contributed by atoms with Crippen molar-refractivity contribution >= 4 is 11.6 Å². The summed E-state index contributed by atoms with van der Waals surface area (Å²) >= 11 is 6.17. The van der Waals surface area contributed by atoms with E-state index in [4.69, 9.17) is 22.1 Å². The van der Waals surface area contributed by atoms with Crippen LogP contribution in [0.25, 0.3) is 0 Å². The number of nitrogens with one attached hydrogen (secondary N) is 1. The van der Waals surface area contributed by atoms with Crippen molar-refractivity contribution in [2.45, 2.75) is 25.8 Å². The van der Waals surface area contributed by atoms with Gasteiger partial charge in [0.25, 0.3) is 0 Å². The van der Waals surface area contributed by atoms with E-state index in [-0.39, 0.29) is 0 Å². The topological polar surface area (TPSA) is 47.3 Å². The summed E-state index contributed by atoms with van der Waals surface area (Å²) in [6.07, 6.45) is 2.01. The number of rotatable bonds is 7. The average Bonchev–Trinajstić information content (AvgIpc) is 2.33. The van der Waals surface area contributed by atoms with Gasteiger partial charge in [-0.3, -0.25) is 0 Å². The predicted octanol–water partition coefficient (Wildman–Crippen LogP) is 2.74. The summed E-state index contributed by atoms with van der Waals surface area (Å²) in [5, 5.41) is 3.94. The molecule has 0 aromatic heterocycles. The van der Waals surface area contributed by atoms with E-state index in [2.05, 4.69) is 11.4 Å². The maximum Gasteiger partial charge on any atom is 0.137 e. The van der Waals surface area contributed by atoms with Gasteiger partial charge in [-0.15, -0.1) is 0 Å². The molecule has 1 aromatic carbocycles. The standard InChI is InChI=1S/C13H21ClN2O/c1-3-17-13-7-6-10(9-11(13)14)12(16-2)5-4-8-15/h6-7,9,12,16H,3-5,8,15H2,1-2H3. The fraction of sp³-hybridized carbons (Fsp3) is 0.538. The Morgan fingerprint density at radius 2 is 2.24 bits per heavy atom. The third kappa shape index (κ3) is 4.19. The van der Waals surface area contributed by atoms with E-state index in [1.165, 1.54) is 5.56 Å². The smallest absolute Gasteiger partial charge is 0.137 e. The van der Waals surface area contributed by atoms with Crippen molar-refractivity contribution in [1.82, 2.24) is 5.32 Å². The number of halogens is 1. The molecule has 0 saturated heterocycles. The molecule has 3 N–H and O–H groups in total. The molecule has 4 heteroatoms. The van der Waals surface area contributed by atoms with Crippen molar-refractivity contribution in [1.29, 1.82) is 0 Å². The van der Waals surface area contributed by atoms with Crippen LogP contribution in [0.3, 0.4) is 0 Å². The molecule has 1 aromatic rings. The summed E-state index contributed by atoms with van der Waals surface area (Å²) in [5.74, 6) is 0.742. The lowest BCUT2D eigenvalue weighted by Crippen LogP contribution is -2.17. The van der Waals surface area contributed by atoms with Gasteiger partial charge in [0.2, 0.25) is 0 Å². The Balaban J connectivity index is 2.79. The summed E-state index contributed by atoms with van der Waals surface area (Å²) in [5.41, 5.74) is 6.70. The molecule has 0 radical (unpaired) electrons. The Hall–Kier alpha value is -0.770. The Kier molecular flexibility index (Phi) is 6.34. The van der Waals surface area contributed by atoms with Crippen LogP contribution in [0.15, 0.2) is 18.2 Å². The number of hydrogen-bond donors (Lipinski definition) is 2. The molecule has 0 spiro atoms. The monoisotopic (exact) mass is 256 g/mol. The fourth-order valence-electron chi connectivity index (χ4n) is 1.81. The summed E-state index contributed by atoms with van der Waals surface area (Å²) in [6, 6.07) is 6.24. The van der Waals surface area contributed by atoms with E-state index in [0.29, 0.717) is 24.2 Å². The zero-order valence-corrected chi connectivity index (χ0v) is 11.3. The average molecular weight is 257 g/mol. The van der Waals surface area contributed by atoms with Gasteiger partial charge in [-0.2, -0.15) is 0 Å². The first kappa shape index (κ1) is 14.3. The van der Waals surface area contributed by atoms with Gasteiger partial charge in [0.1, 0.15) is 5.75 Å². The quantitative estimate of drug-likeness (QED) is 0.789. The molecular formula is C13H21ClN2O. The minimum absolute atomic E-state index is 0.298. The van der Waals surface area contributed by atoms with Gasteiger partial charge in [-0.05, 0) is 51.1 Å². The molecule has 1 unspecified atom stereocenters. The molecule has 96 valence electrons. The van der Waals surface area contributed by atoms with Crippen LogP contribution in [-0.4, -0.2) is 20.2 Å². The minimum atomic E-state index is 0.298. The van der Waals surface area contributed by atoms with Gasteiger partial charge in [0.05, 0.1) is 11.6 Å². The lowest BCUT2D eigenvalue weighted by molar-refractivity contribution is 0.340. The van der Waals surface area contributed by atoms with E-state index in [9.17, 15) is 0 Å². The summed E-state index contributed by atoms with van der Waals surface area (Å²) in [6.45, 7) is 3.28. The van der Waals surface area contributed by atoms with Crippen LogP contribution in [0, 0.1) is 0 Å². The third-order valence-electron chi connectivity index (χ3n) is 2.70. The highest BCUT2D eigenvalue weighted by Gasteiger charge is 2.11. The van der Waals surface area contributed by atoms with Crippen LogP contribution >= 0.6 is 11.6 Å². The molecule has 17 heavy (non-hydrogen) atoms. The summed E-state index contributed by atoms with van der Waals surface area (Å²) < 4.78 is 5.41. The van der Waals surface area contributed by atoms with Crippen molar-refractivity contribution in [3.8, 4) is 5.75 Å². The van der Waals surface area contributed by atoms with Gasteiger partial charge in [-0.25, -0.2) is 0 Å². The van der Waals surface area contributed by atoms with Gasteiger partial charge in [-0.1, -0.05) is 17.7 Å². The third-order valence-corrected chi connectivity index (χ3v) is 3.00. The minimum Gasteiger partial charge on any atom is -0.492 e. The van der Waals surface area contributed by atoms with Crippen molar-refractivity contribution in [3.63, 3.8) is 0 Å². The van der Waals surface area contributed by atoms with E-state index < -0.39 is 0 Å². The van der Waals surface area contributed by atoms with Gasteiger partial charge in [0.15, 0.2) is 0 Å². The van der Waals surface area contributed by atoms with Gasteiger partial charge < -0.3 is 15.8 Å². The van der Waals surface area contributed by atoms with Crippen LogP contribution in [0.2, 0.25) is 5.02 Å². The second-order valence-electron chi connectivity index (χ2n) is 3.90. The lowest BCUT2D eigenvalue weighted by Gasteiger charge is -2.17. The maximum atomic E-state index is 6.17. The summed E-state index contributed by atoms with van der Waals surface area (Å²) in [4.78, 5) is 0. The number of benzene rings is 1. The zero-order chi connectivity index (χ0) is 12.7. The van der Waals surface area contributed by atoms with Crippen LogP contribution in [0.5, 0.6) is 5.75 Å². The molecule has 1 atom stereocenters. The molecule has 0 aliphatic rings. The van der Waals surface area contributed by atoms with Crippen LogP contribution in [-0.2, 0) is 0 Å². The van der Waals surface area contributed by atoms with E-state index in [1.807, 2.05) is 26.1 Å². The largest absolute Gasteiger partial charge is 0.492 e. The van der Waals surface area contributed by atoms with Crippen molar-refractivity contribution in [2.24, 2.45) is 5.73 Å². The highest BCUT2D eigenvalue weighted by atomic mass is 35.5. The Morgan fingerprint density at radius 3 is 2.76 bits per heavy atom. The molecule has 0 amide bonds. The molecular weight excluding hydrogens is 236 g/mol. The molecule has 3 nitrogen and oxygen atoms in total. The SMILES string of the molecule is CCOc1ccc(C(CCCN)NC)cc1Cl. The Bertz CT molecular complexity index is 344. The highest BCUT2D eigenvalue weighted by molar-refractivity contribution is 6.32. The van der Waals surface area contributed by atoms with Crippen LogP contribution in [0.1, 0.15) is 31.4 Å². The van der Waals surface area contributed by atoms with Crippen LogP contribution < -0.4 is 15.8 Å². The predicted molar refractivity (Wildman–Crippen MR) is 72.7 cm³/mol. The normalized spacial score (nSPS) is 12.5. The summed E-state index contributed by atoms with van der Waals surface area (Å²) in [7, 11) is 1.95. The van der Waals surface area contributed by atoms with E-state index >= 15 is 0 Å². The molecule has 0 aliphatic carbocycles. The first-order valence-corrected chi connectivity index (χ1v) is 6.40. The molecule has 0 fully saturated rings. The fourth-order valence-corrected chi connectivity index (χ4v) is 2.05. The van der Waals surface area contributed by atoms with Gasteiger partial charge >= 0.3 is 0 Å². The lowest BCUT2D eigenvalue weighted by atomic mass is 10.0. The number of ether oxygens (including phenoxy) is 1. The second-order valence-corrected chi connectivity index (χ2v) is 4.30. The molecule has 0 bridgehead atoms. The molecule has 0 aliphatic heterocycles. The highest BCUT2D eigenvalue weighted by Crippen LogP contribution is 2.29. The van der Waals surface area contributed by atoms with Crippen LogP contribution in [0.4, 0.5) is 0 Å². The Morgan fingerprint density at radius 1 is 1.47 bits per heavy atom. The van der Waals surface area contributed by atoms with E-state index in [1.54, 1.807) is 0 Å². The Labute approximate surface area is 108 Å². The second kappa shape index (κ2) is 7.54. The first-order valence-electron chi connectivity index (χ1n) is 6.02. The molecule has 0 saturated carbocycles.